The number of carbonyl (C=O) groups is 2. The third-order valence-electron chi connectivity index (χ3n) is 3.32. The van der Waals surface area contributed by atoms with Gasteiger partial charge in [-0.15, -0.1) is 0 Å². The molecule has 1 aromatic heterocycles. The summed E-state index contributed by atoms with van der Waals surface area (Å²) < 4.78 is 23.3. The van der Waals surface area contributed by atoms with Crippen molar-refractivity contribution in [1.82, 2.24) is 16.0 Å². The van der Waals surface area contributed by atoms with Crippen molar-refractivity contribution in [2.75, 3.05) is 6.61 Å². The summed E-state index contributed by atoms with van der Waals surface area (Å²) >= 11 is 0. The predicted octanol–water partition coefficient (Wildman–Crippen LogP) is 1.59. The van der Waals surface area contributed by atoms with Gasteiger partial charge in [0.25, 0.3) is 5.91 Å². The van der Waals surface area contributed by atoms with Crippen LogP contribution in [0.25, 0.3) is 0 Å². The van der Waals surface area contributed by atoms with Crippen LogP contribution in [0.4, 0.5) is 4.39 Å². The van der Waals surface area contributed by atoms with Crippen molar-refractivity contribution in [1.29, 1.82) is 0 Å². The van der Waals surface area contributed by atoms with Crippen LogP contribution in [0.3, 0.4) is 0 Å². The second-order valence-corrected chi connectivity index (χ2v) is 5.12. The molecule has 0 atom stereocenters. The maximum absolute atomic E-state index is 13.3. The van der Waals surface area contributed by atoms with Crippen LogP contribution in [0.5, 0.6) is 5.75 Å². The van der Waals surface area contributed by atoms with Crippen LogP contribution in [0.2, 0.25) is 0 Å². The molecule has 0 saturated heterocycles. The Bertz CT molecular complexity index is 710. The number of nitrogens with zero attached hydrogens (tertiary/aromatic N) is 1. The molecule has 2 amide bonds. The highest BCUT2D eigenvalue weighted by Crippen LogP contribution is 2.15. The molecule has 8 heteroatoms. The standard InChI is InChI=1S/C16H18FN3O4/c1-10-12(11(2)24-20-10)7-8-15(21)18-19-16(22)9-23-14-6-4-3-5-13(14)17/h3-6H,7-9H2,1-2H3,(H,18,21)(H,19,22). The van der Waals surface area contributed by atoms with E-state index in [0.29, 0.717) is 12.2 Å². The zero-order valence-corrected chi connectivity index (χ0v) is 13.4. The van der Waals surface area contributed by atoms with E-state index >= 15 is 0 Å². The molecule has 1 heterocycles. The Kier molecular flexibility index (Phi) is 5.89. The highest BCUT2D eigenvalue weighted by Gasteiger charge is 2.12. The number of aryl methyl sites for hydroxylation is 2. The minimum Gasteiger partial charge on any atom is -0.481 e. The Labute approximate surface area is 138 Å². The number of halogens is 1. The van der Waals surface area contributed by atoms with Gasteiger partial charge in [-0.3, -0.25) is 20.4 Å². The van der Waals surface area contributed by atoms with Crippen LogP contribution in [0.1, 0.15) is 23.4 Å². The maximum atomic E-state index is 13.3. The van der Waals surface area contributed by atoms with E-state index in [4.69, 9.17) is 9.26 Å². The van der Waals surface area contributed by atoms with Gasteiger partial charge in [0.1, 0.15) is 5.76 Å². The lowest BCUT2D eigenvalue weighted by Gasteiger charge is -2.09. The van der Waals surface area contributed by atoms with Gasteiger partial charge in [0.15, 0.2) is 18.2 Å². The van der Waals surface area contributed by atoms with Gasteiger partial charge in [-0.25, -0.2) is 4.39 Å². The Morgan fingerprint density at radius 1 is 1.21 bits per heavy atom. The number of ether oxygens (including phenoxy) is 1. The number of hydrogen-bond donors (Lipinski definition) is 2. The topological polar surface area (TPSA) is 93.5 Å². The van der Waals surface area contributed by atoms with E-state index in [-0.39, 0.29) is 18.1 Å². The van der Waals surface area contributed by atoms with Crippen LogP contribution in [-0.2, 0) is 16.0 Å². The van der Waals surface area contributed by atoms with Crippen LogP contribution in [-0.4, -0.2) is 23.6 Å². The molecule has 2 rings (SSSR count). The molecule has 24 heavy (non-hydrogen) atoms. The molecule has 7 nitrogen and oxygen atoms in total. The van der Waals surface area contributed by atoms with E-state index in [1.807, 2.05) is 0 Å². The number of benzene rings is 1. The summed E-state index contributed by atoms with van der Waals surface area (Å²) in [6.45, 7) is 3.16. The highest BCUT2D eigenvalue weighted by atomic mass is 19.1. The smallest absolute Gasteiger partial charge is 0.276 e. The summed E-state index contributed by atoms with van der Waals surface area (Å²) in [6.07, 6.45) is 0.617. The first-order chi connectivity index (χ1) is 11.5. The van der Waals surface area contributed by atoms with Gasteiger partial charge in [0, 0.05) is 12.0 Å². The molecular weight excluding hydrogens is 317 g/mol. The van der Waals surface area contributed by atoms with Crippen molar-refractivity contribution >= 4 is 11.8 Å². The van der Waals surface area contributed by atoms with Crippen molar-refractivity contribution in [2.24, 2.45) is 0 Å². The summed E-state index contributed by atoms with van der Waals surface area (Å²) in [6, 6.07) is 5.74. The number of hydrogen-bond acceptors (Lipinski definition) is 5. The molecule has 0 aliphatic heterocycles. The second kappa shape index (κ2) is 8.09. The van der Waals surface area contributed by atoms with Gasteiger partial charge in [0.05, 0.1) is 5.69 Å². The quantitative estimate of drug-likeness (QED) is 0.782. The first-order valence-electron chi connectivity index (χ1n) is 7.34. The van der Waals surface area contributed by atoms with Crippen molar-refractivity contribution < 1.29 is 23.2 Å². The Morgan fingerprint density at radius 2 is 1.92 bits per heavy atom. The molecule has 0 radical (unpaired) electrons. The normalized spacial score (nSPS) is 10.3. The van der Waals surface area contributed by atoms with E-state index < -0.39 is 18.3 Å². The van der Waals surface area contributed by atoms with Gasteiger partial charge in [-0.1, -0.05) is 17.3 Å². The molecule has 0 bridgehead atoms. The summed E-state index contributed by atoms with van der Waals surface area (Å²) in [5, 5.41) is 3.80. The van der Waals surface area contributed by atoms with Crippen molar-refractivity contribution in [3.63, 3.8) is 0 Å². The zero-order valence-electron chi connectivity index (χ0n) is 13.4. The van der Waals surface area contributed by atoms with Gasteiger partial charge in [-0.2, -0.15) is 0 Å². The van der Waals surface area contributed by atoms with Crippen LogP contribution in [0, 0.1) is 19.7 Å². The summed E-state index contributed by atoms with van der Waals surface area (Å²) in [4.78, 5) is 23.3. The number of aromatic nitrogens is 1. The third-order valence-corrected chi connectivity index (χ3v) is 3.32. The monoisotopic (exact) mass is 335 g/mol. The largest absolute Gasteiger partial charge is 0.481 e. The first-order valence-corrected chi connectivity index (χ1v) is 7.34. The molecule has 2 N–H and O–H groups in total. The number of para-hydroxylation sites is 1. The summed E-state index contributed by atoms with van der Waals surface area (Å²) in [5.41, 5.74) is 6.09. The fourth-order valence-corrected chi connectivity index (χ4v) is 2.04. The van der Waals surface area contributed by atoms with E-state index in [0.717, 1.165) is 11.3 Å². The molecule has 2 aromatic rings. The van der Waals surface area contributed by atoms with Crippen molar-refractivity contribution in [2.45, 2.75) is 26.7 Å². The maximum Gasteiger partial charge on any atom is 0.276 e. The number of amides is 2. The van der Waals surface area contributed by atoms with Gasteiger partial charge >= 0.3 is 0 Å². The third kappa shape index (κ3) is 4.80. The van der Waals surface area contributed by atoms with Gasteiger partial charge in [-0.05, 0) is 32.4 Å². The van der Waals surface area contributed by atoms with E-state index in [2.05, 4.69) is 16.0 Å². The number of carbonyl (C=O) groups excluding carboxylic acids is 2. The van der Waals surface area contributed by atoms with Crippen LogP contribution < -0.4 is 15.6 Å². The minimum absolute atomic E-state index is 0.0302. The number of rotatable bonds is 6. The SMILES string of the molecule is Cc1noc(C)c1CCC(=O)NNC(=O)COc1ccccc1F. The lowest BCUT2D eigenvalue weighted by Crippen LogP contribution is -2.43. The molecule has 0 unspecified atom stereocenters. The lowest BCUT2D eigenvalue weighted by atomic mass is 10.1. The summed E-state index contributed by atoms with van der Waals surface area (Å²) in [7, 11) is 0. The molecular formula is C16H18FN3O4. The first kappa shape index (κ1) is 17.5. The van der Waals surface area contributed by atoms with Crippen LogP contribution >= 0.6 is 0 Å². The van der Waals surface area contributed by atoms with Crippen molar-refractivity contribution in [3.8, 4) is 5.75 Å². The molecule has 0 saturated carbocycles. The molecule has 1 aromatic carbocycles. The molecule has 0 aliphatic rings. The fraction of sp³-hybridized carbons (Fsp3) is 0.312. The average molecular weight is 335 g/mol. The van der Waals surface area contributed by atoms with Crippen LogP contribution in [0.15, 0.2) is 28.8 Å². The average Bonchev–Trinajstić information content (AvgIpc) is 2.88. The van der Waals surface area contributed by atoms with Crippen molar-refractivity contribution in [3.05, 3.63) is 47.1 Å². The van der Waals surface area contributed by atoms with E-state index in [1.165, 1.54) is 18.2 Å². The Balaban J connectivity index is 1.70. The zero-order chi connectivity index (χ0) is 17.5. The molecule has 0 fully saturated rings. The van der Waals surface area contributed by atoms with E-state index in [9.17, 15) is 14.0 Å². The van der Waals surface area contributed by atoms with Gasteiger partial charge in [0.2, 0.25) is 5.91 Å². The molecule has 0 spiro atoms. The molecule has 0 aliphatic carbocycles. The summed E-state index contributed by atoms with van der Waals surface area (Å²) in [5.74, 6) is -0.882. The lowest BCUT2D eigenvalue weighted by molar-refractivity contribution is -0.130. The second-order valence-electron chi connectivity index (χ2n) is 5.12. The van der Waals surface area contributed by atoms with E-state index in [1.54, 1.807) is 19.9 Å². The number of hydrazine groups is 1. The minimum atomic E-state index is -0.594. The Morgan fingerprint density at radius 3 is 2.58 bits per heavy atom. The Hall–Kier alpha value is -2.90. The number of nitrogens with one attached hydrogen (secondary N) is 2. The highest BCUT2D eigenvalue weighted by molar-refractivity contribution is 5.82. The fourth-order valence-electron chi connectivity index (χ4n) is 2.04. The predicted molar refractivity (Wildman–Crippen MR) is 82.5 cm³/mol. The van der Waals surface area contributed by atoms with Gasteiger partial charge < -0.3 is 9.26 Å². The molecule has 128 valence electrons.